The van der Waals surface area contributed by atoms with Crippen molar-refractivity contribution in [3.63, 3.8) is 0 Å². The summed E-state index contributed by atoms with van der Waals surface area (Å²) in [6, 6.07) is 9.59. The molecule has 1 aromatic carbocycles. The van der Waals surface area contributed by atoms with E-state index in [1.54, 1.807) is 0 Å². The summed E-state index contributed by atoms with van der Waals surface area (Å²) >= 11 is 13.5. The first-order valence-corrected chi connectivity index (χ1v) is 6.78. The average Bonchev–Trinajstić information content (AvgIpc) is 2.35. The third-order valence-corrected chi connectivity index (χ3v) is 3.12. The average molecular weight is 286 g/mol. The van der Waals surface area contributed by atoms with Gasteiger partial charge in [0.15, 0.2) is 15.5 Å². The Labute approximate surface area is 114 Å². The summed E-state index contributed by atoms with van der Waals surface area (Å²) in [4.78, 5) is 8.24. The largest absolute Gasteiger partial charge is 0.350 e. The summed E-state index contributed by atoms with van der Waals surface area (Å²) in [7, 11) is 0. The Morgan fingerprint density at radius 2 is 1.65 bits per heavy atom. The van der Waals surface area contributed by atoms with E-state index in [-0.39, 0.29) is 0 Å². The first-order valence-electron chi connectivity index (χ1n) is 4.80. The number of thioether (sulfide) groups is 1. The highest BCUT2D eigenvalue weighted by Crippen LogP contribution is 2.31. The van der Waals surface area contributed by atoms with E-state index < -0.39 is 0 Å². The zero-order valence-electron chi connectivity index (χ0n) is 8.95. The maximum atomic E-state index is 6.05. The number of hydrogen-bond acceptors (Lipinski definition) is 4. The van der Waals surface area contributed by atoms with Crippen molar-refractivity contribution in [1.29, 1.82) is 0 Å². The zero-order valence-corrected chi connectivity index (χ0v) is 11.3. The predicted molar refractivity (Wildman–Crippen MR) is 73.6 cm³/mol. The molecule has 0 spiro atoms. The second-order valence-corrected chi connectivity index (χ2v) is 4.65. The van der Waals surface area contributed by atoms with Crippen LogP contribution in [0.5, 0.6) is 0 Å². The third kappa shape index (κ3) is 3.03. The molecule has 0 aliphatic carbocycles. The van der Waals surface area contributed by atoms with Crippen molar-refractivity contribution >= 4 is 46.3 Å². The molecular weight excluding hydrogens is 277 g/mol. The number of anilines is 2. The zero-order chi connectivity index (χ0) is 12.3. The Kier molecular flexibility index (Phi) is 4.10. The fourth-order valence-corrected chi connectivity index (χ4v) is 2.20. The van der Waals surface area contributed by atoms with Crippen LogP contribution >= 0.6 is 35.0 Å². The number of para-hydroxylation sites is 1. The minimum atomic E-state index is 0.318. The quantitative estimate of drug-likeness (QED) is 0.520. The molecule has 2 aromatic rings. The molecule has 17 heavy (non-hydrogen) atoms. The van der Waals surface area contributed by atoms with Crippen LogP contribution < -0.4 is 5.32 Å². The van der Waals surface area contributed by atoms with Gasteiger partial charge in [0.05, 0.1) is 0 Å². The number of halogens is 2. The van der Waals surface area contributed by atoms with E-state index in [0.717, 1.165) is 5.69 Å². The van der Waals surface area contributed by atoms with Gasteiger partial charge in [-0.1, -0.05) is 53.2 Å². The smallest absolute Gasteiger partial charge is 0.190 e. The maximum absolute atomic E-state index is 6.05. The lowest BCUT2D eigenvalue weighted by molar-refractivity contribution is 0.974. The Balaban J connectivity index is 2.33. The lowest BCUT2D eigenvalue weighted by Crippen LogP contribution is -1.97. The Bertz CT molecular complexity index is 496. The van der Waals surface area contributed by atoms with Crippen molar-refractivity contribution in [3.05, 3.63) is 40.6 Å². The van der Waals surface area contributed by atoms with E-state index >= 15 is 0 Å². The van der Waals surface area contributed by atoms with Gasteiger partial charge in [0.2, 0.25) is 0 Å². The molecule has 0 saturated carbocycles. The lowest BCUT2D eigenvalue weighted by atomic mass is 10.3. The summed E-state index contributed by atoms with van der Waals surface area (Å²) < 4.78 is 0. The van der Waals surface area contributed by atoms with Crippen molar-refractivity contribution in [2.45, 2.75) is 5.16 Å². The molecule has 2 rings (SSSR count). The first-order chi connectivity index (χ1) is 8.20. The van der Waals surface area contributed by atoms with E-state index in [1.807, 2.05) is 36.6 Å². The Morgan fingerprint density at radius 3 is 2.18 bits per heavy atom. The van der Waals surface area contributed by atoms with E-state index in [9.17, 15) is 0 Å². The number of nitrogens with zero attached hydrogens (tertiary/aromatic N) is 2. The number of benzene rings is 1. The summed E-state index contributed by atoms with van der Waals surface area (Å²) in [6.45, 7) is 0. The second kappa shape index (κ2) is 5.58. The van der Waals surface area contributed by atoms with Gasteiger partial charge in [-0.05, 0) is 18.4 Å². The van der Waals surface area contributed by atoms with E-state index in [0.29, 0.717) is 21.2 Å². The molecule has 0 unspecified atom stereocenters. The maximum Gasteiger partial charge on any atom is 0.190 e. The topological polar surface area (TPSA) is 37.8 Å². The molecule has 1 heterocycles. The minimum absolute atomic E-state index is 0.318. The third-order valence-electron chi connectivity index (χ3n) is 2.03. The predicted octanol–water partition coefficient (Wildman–Crippen LogP) is 4.25. The van der Waals surface area contributed by atoms with Crippen molar-refractivity contribution < 1.29 is 0 Å². The first kappa shape index (κ1) is 12.5. The van der Waals surface area contributed by atoms with Crippen molar-refractivity contribution in [2.75, 3.05) is 11.6 Å². The second-order valence-electron chi connectivity index (χ2n) is 3.16. The monoisotopic (exact) mass is 285 g/mol. The summed E-state index contributed by atoms with van der Waals surface area (Å²) in [5, 5.41) is 4.28. The molecule has 1 aromatic heterocycles. The van der Waals surface area contributed by atoms with Crippen LogP contribution in [0.1, 0.15) is 0 Å². The van der Waals surface area contributed by atoms with Crippen LogP contribution in [0.2, 0.25) is 10.3 Å². The van der Waals surface area contributed by atoms with Crippen LogP contribution in [0.15, 0.2) is 35.5 Å². The minimum Gasteiger partial charge on any atom is -0.350 e. The number of aromatic nitrogens is 2. The summed E-state index contributed by atoms with van der Waals surface area (Å²) in [5.74, 6) is 0. The molecule has 1 N–H and O–H groups in total. The molecule has 0 aliphatic heterocycles. The molecule has 0 atom stereocenters. The van der Waals surface area contributed by atoms with Gasteiger partial charge in [-0.25, -0.2) is 9.97 Å². The van der Waals surface area contributed by atoms with Gasteiger partial charge in [0, 0.05) is 5.69 Å². The Hall–Kier alpha value is -0.970. The number of rotatable bonds is 3. The molecule has 0 fully saturated rings. The summed E-state index contributed by atoms with van der Waals surface area (Å²) in [6.07, 6.45) is 1.87. The molecular formula is C11H9Cl2N3S. The van der Waals surface area contributed by atoms with Gasteiger partial charge in [-0.2, -0.15) is 0 Å². The highest BCUT2D eigenvalue weighted by atomic mass is 35.5. The molecule has 0 amide bonds. The Morgan fingerprint density at radius 1 is 1.06 bits per heavy atom. The summed E-state index contributed by atoms with van der Waals surface area (Å²) in [5.41, 5.74) is 1.41. The molecule has 88 valence electrons. The van der Waals surface area contributed by atoms with Crippen LogP contribution in [0.4, 0.5) is 11.4 Å². The van der Waals surface area contributed by atoms with Crippen LogP contribution in [-0.4, -0.2) is 16.2 Å². The molecule has 0 saturated heterocycles. The number of hydrogen-bond donors (Lipinski definition) is 1. The molecule has 3 nitrogen and oxygen atoms in total. The van der Waals surface area contributed by atoms with Gasteiger partial charge in [-0.3, -0.25) is 0 Å². The highest BCUT2D eigenvalue weighted by molar-refractivity contribution is 7.98. The van der Waals surface area contributed by atoms with Gasteiger partial charge in [-0.15, -0.1) is 0 Å². The van der Waals surface area contributed by atoms with Gasteiger partial charge in [0.25, 0.3) is 0 Å². The number of nitrogens with one attached hydrogen (secondary N) is 1. The SMILES string of the molecule is CSc1nc(Cl)c(Nc2ccccc2)c(Cl)n1. The van der Waals surface area contributed by atoms with Gasteiger partial charge < -0.3 is 5.32 Å². The normalized spacial score (nSPS) is 10.3. The van der Waals surface area contributed by atoms with Crippen LogP contribution in [0.25, 0.3) is 0 Å². The fraction of sp³-hybridized carbons (Fsp3) is 0.0909. The van der Waals surface area contributed by atoms with Crippen molar-refractivity contribution in [1.82, 2.24) is 9.97 Å². The van der Waals surface area contributed by atoms with Gasteiger partial charge in [0.1, 0.15) is 5.69 Å². The highest BCUT2D eigenvalue weighted by Gasteiger charge is 2.11. The molecule has 0 bridgehead atoms. The lowest BCUT2D eigenvalue weighted by Gasteiger charge is -2.09. The van der Waals surface area contributed by atoms with Crippen molar-refractivity contribution in [2.24, 2.45) is 0 Å². The van der Waals surface area contributed by atoms with E-state index in [1.165, 1.54) is 11.8 Å². The van der Waals surface area contributed by atoms with Crippen molar-refractivity contribution in [3.8, 4) is 0 Å². The molecule has 6 heteroatoms. The standard InChI is InChI=1S/C11H9Cl2N3S/c1-17-11-15-9(12)8(10(13)16-11)14-7-5-3-2-4-6-7/h2-6,14H,1H3. The van der Waals surface area contributed by atoms with Gasteiger partial charge >= 0.3 is 0 Å². The fourth-order valence-electron chi connectivity index (χ4n) is 1.25. The van der Waals surface area contributed by atoms with Crippen LogP contribution in [0.3, 0.4) is 0 Å². The van der Waals surface area contributed by atoms with E-state index in [2.05, 4.69) is 15.3 Å². The molecule has 0 aliphatic rings. The van der Waals surface area contributed by atoms with E-state index in [4.69, 9.17) is 23.2 Å². The van der Waals surface area contributed by atoms with Crippen LogP contribution in [-0.2, 0) is 0 Å². The van der Waals surface area contributed by atoms with Crippen LogP contribution in [0, 0.1) is 0 Å². The molecule has 0 radical (unpaired) electrons.